The van der Waals surface area contributed by atoms with Crippen LogP contribution >= 0.6 is 0 Å². The number of aromatic amines is 1. The predicted octanol–water partition coefficient (Wildman–Crippen LogP) is 1.53. The third-order valence-electron chi connectivity index (χ3n) is 3.61. The molecule has 6 heteroatoms. The number of oxazole rings is 1. The molecule has 1 aliphatic rings. The average Bonchev–Trinajstić information content (AvgIpc) is 3.01. The summed E-state index contributed by atoms with van der Waals surface area (Å²) in [6.07, 6.45) is 3.04. The Morgan fingerprint density at radius 2 is 2.42 bits per heavy atom. The van der Waals surface area contributed by atoms with E-state index in [4.69, 9.17) is 4.42 Å². The molecule has 6 nitrogen and oxygen atoms in total. The van der Waals surface area contributed by atoms with Gasteiger partial charge in [0.1, 0.15) is 5.69 Å². The van der Waals surface area contributed by atoms with Gasteiger partial charge in [-0.1, -0.05) is 6.92 Å². The van der Waals surface area contributed by atoms with Crippen molar-refractivity contribution in [2.45, 2.75) is 32.2 Å². The number of carbonyl (C=O) groups excluding carboxylic acids is 1. The van der Waals surface area contributed by atoms with Crippen LogP contribution in [0.3, 0.4) is 0 Å². The molecule has 0 spiro atoms. The lowest BCUT2D eigenvalue weighted by molar-refractivity contribution is 0.0728. The highest BCUT2D eigenvalue weighted by molar-refractivity contribution is 5.94. The first-order chi connectivity index (χ1) is 9.19. The van der Waals surface area contributed by atoms with Gasteiger partial charge in [0.2, 0.25) is 0 Å². The molecule has 100 valence electrons. The molecule has 0 bridgehead atoms. The Bertz CT molecular complexity index is 673. The first kappa shape index (κ1) is 12.0. The third kappa shape index (κ3) is 2.03. The Labute approximate surface area is 109 Å². The van der Waals surface area contributed by atoms with E-state index in [1.807, 2.05) is 4.90 Å². The molecule has 0 radical (unpaired) electrons. The zero-order chi connectivity index (χ0) is 13.4. The Kier molecular flexibility index (Phi) is 2.85. The number of aromatic nitrogens is 2. The maximum atomic E-state index is 12.4. The molecule has 19 heavy (non-hydrogen) atoms. The largest absolute Gasteiger partial charge is 0.418 e. The van der Waals surface area contributed by atoms with Crippen molar-refractivity contribution in [3.8, 4) is 0 Å². The number of H-pyrrole nitrogens is 1. The van der Waals surface area contributed by atoms with Gasteiger partial charge < -0.3 is 9.32 Å². The van der Waals surface area contributed by atoms with E-state index in [0.29, 0.717) is 23.0 Å². The van der Waals surface area contributed by atoms with E-state index >= 15 is 0 Å². The van der Waals surface area contributed by atoms with Crippen LogP contribution in [0.15, 0.2) is 21.3 Å². The highest BCUT2D eigenvalue weighted by atomic mass is 16.4. The van der Waals surface area contributed by atoms with Crippen molar-refractivity contribution in [1.82, 2.24) is 14.9 Å². The number of fused-ring (bicyclic) bond motifs is 1. The topological polar surface area (TPSA) is 79.2 Å². The van der Waals surface area contributed by atoms with E-state index in [1.165, 1.54) is 0 Å². The van der Waals surface area contributed by atoms with Crippen LogP contribution in [0.2, 0.25) is 0 Å². The fourth-order valence-electron chi connectivity index (χ4n) is 2.63. The fraction of sp³-hybridized carbons (Fsp3) is 0.462. The van der Waals surface area contributed by atoms with E-state index in [0.717, 1.165) is 25.8 Å². The van der Waals surface area contributed by atoms with Crippen molar-refractivity contribution in [2.75, 3.05) is 6.54 Å². The summed E-state index contributed by atoms with van der Waals surface area (Å²) in [7, 11) is 0. The number of hydrogen-bond acceptors (Lipinski definition) is 4. The zero-order valence-electron chi connectivity index (χ0n) is 10.7. The molecule has 2 aromatic heterocycles. The predicted molar refractivity (Wildman–Crippen MR) is 69.0 cm³/mol. The van der Waals surface area contributed by atoms with Gasteiger partial charge >= 0.3 is 5.76 Å². The maximum Gasteiger partial charge on any atom is 0.418 e. The van der Waals surface area contributed by atoms with Gasteiger partial charge in [0.15, 0.2) is 11.2 Å². The normalized spacial score (nSPS) is 19.2. The molecule has 2 aromatic rings. The smallest absolute Gasteiger partial charge is 0.406 e. The zero-order valence-corrected chi connectivity index (χ0v) is 10.7. The molecule has 1 N–H and O–H groups in total. The van der Waals surface area contributed by atoms with Crippen molar-refractivity contribution in [2.24, 2.45) is 0 Å². The van der Waals surface area contributed by atoms with Crippen molar-refractivity contribution in [3.63, 3.8) is 0 Å². The van der Waals surface area contributed by atoms with Crippen LogP contribution in [0, 0.1) is 0 Å². The molecule has 1 unspecified atom stereocenters. The summed E-state index contributed by atoms with van der Waals surface area (Å²) in [5, 5.41) is 0. The number of hydrogen-bond donors (Lipinski definition) is 1. The molecule has 1 atom stereocenters. The highest BCUT2D eigenvalue weighted by Gasteiger charge is 2.28. The molecular weight excluding hydrogens is 246 g/mol. The number of rotatable bonds is 2. The summed E-state index contributed by atoms with van der Waals surface area (Å²) in [5.41, 5.74) is 1.04. The number of nitrogens with one attached hydrogen (secondary N) is 1. The summed E-state index contributed by atoms with van der Waals surface area (Å²) in [5.74, 6) is -0.631. The van der Waals surface area contributed by atoms with Crippen molar-refractivity contribution in [1.29, 1.82) is 0 Å². The van der Waals surface area contributed by atoms with Gasteiger partial charge in [0.05, 0.1) is 0 Å². The van der Waals surface area contributed by atoms with Gasteiger partial charge in [-0.2, -0.15) is 0 Å². The summed E-state index contributed by atoms with van der Waals surface area (Å²) in [4.78, 5) is 32.0. The van der Waals surface area contributed by atoms with Gasteiger partial charge in [0.25, 0.3) is 5.91 Å². The molecule has 1 fully saturated rings. The number of amides is 1. The summed E-state index contributed by atoms with van der Waals surface area (Å²) < 4.78 is 4.87. The minimum absolute atomic E-state index is 0.0756. The minimum Gasteiger partial charge on any atom is -0.406 e. The molecule has 3 heterocycles. The maximum absolute atomic E-state index is 12.4. The summed E-state index contributed by atoms with van der Waals surface area (Å²) in [6.45, 7) is 2.86. The average molecular weight is 261 g/mol. The van der Waals surface area contributed by atoms with E-state index in [1.54, 1.807) is 12.1 Å². The second kappa shape index (κ2) is 4.53. The molecule has 1 aliphatic heterocycles. The third-order valence-corrected chi connectivity index (χ3v) is 3.61. The van der Waals surface area contributed by atoms with E-state index in [-0.39, 0.29) is 5.91 Å². The second-order valence-corrected chi connectivity index (χ2v) is 4.76. The number of carbonyl (C=O) groups is 1. The fourth-order valence-corrected chi connectivity index (χ4v) is 2.63. The first-order valence-electron chi connectivity index (χ1n) is 6.50. The van der Waals surface area contributed by atoms with Crippen molar-refractivity contribution in [3.05, 3.63) is 28.4 Å². The van der Waals surface area contributed by atoms with Crippen LogP contribution < -0.4 is 5.76 Å². The standard InChI is InChI=1S/C13H15N3O3/c1-2-8-4-3-7-16(8)12(17)9-5-6-10-11(14-9)15-13(18)19-10/h5-6,8H,2-4,7H2,1H3,(H,14,15,18). The number of pyridine rings is 1. The van der Waals surface area contributed by atoms with Crippen LogP contribution in [-0.4, -0.2) is 33.4 Å². The quantitative estimate of drug-likeness (QED) is 0.889. The first-order valence-corrected chi connectivity index (χ1v) is 6.50. The van der Waals surface area contributed by atoms with Gasteiger partial charge in [-0.3, -0.25) is 9.78 Å². The van der Waals surface area contributed by atoms with Gasteiger partial charge in [0, 0.05) is 12.6 Å². The van der Waals surface area contributed by atoms with Crippen LogP contribution in [0.25, 0.3) is 11.2 Å². The molecule has 1 saturated heterocycles. The Morgan fingerprint density at radius 1 is 1.58 bits per heavy atom. The lowest BCUT2D eigenvalue weighted by Crippen LogP contribution is -2.35. The molecular formula is C13H15N3O3. The van der Waals surface area contributed by atoms with Crippen LogP contribution in [0.5, 0.6) is 0 Å². The Morgan fingerprint density at radius 3 is 3.21 bits per heavy atom. The summed E-state index contributed by atoms with van der Waals surface area (Å²) in [6, 6.07) is 3.50. The Hall–Kier alpha value is -2.11. The Balaban J connectivity index is 1.94. The molecule has 0 aliphatic carbocycles. The van der Waals surface area contributed by atoms with Crippen LogP contribution in [-0.2, 0) is 0 Å². The molecule has 0 saturated carbocycles. The van der Waals surface area contributed by atoms with Gasteiger partial charge in [-0.15, -0.1) is 0 Å². The molecule has 0 aromatic carbocycles. The lowest BCUT2D eigenvalue weighted by atomic mass is 10.1. The number of likely N-dealkylation sites (tertiary alicyclic amines) is 1. The monoisotopic (exact) mass is 261 g/mol. The van der Waals surface area contributed by atoms with E-state index in [2.05, 4.69) is 16.9 Å². The summed E-state index contributed by atoms with van der Waals surface area (Å²) >= 11 is 0. The van der Waals surface area contributed by atoms with Crippen molar-refractivity contribution < 1.29 is 9.21 Å². The van der Waals surface area contributed by atoms with Crippen LogP contribution in [0.4, 0.5) is 0 Å². The lowest BCUT2D eigenvalue weighted by Gasteiger charge is -2.23. The second-order valence-electron chi connectivity index (χ2n) is 4.76. The van der Waals surface area contributed by atoms with E-state index in [9.17, 15) is 9.59 Å². The molecule has 1 amide bonds. The van der Waals surface area contributed by atoms with Crippen LogP contribution in [0.1, 0.15) is 36.7 Å². The van der Waals surface area contributed by atoms with Gasteiger partial charge in [-0.05, 0) is 31.4 Å². The highest BCUT2D eigenvalue weighted by Crippen LogP contribution is 2.22. The van der Waals surface area contributed by atoms with Gasteiger partial charge in [-0.25, -0.2) is 9.78 Å². The SMILES string of the molecule is CCC1CCCN1C(=O)c1ccc2oc(=O)[nH]c2n1. The molecule has 3 rings (SSSR count). The minimum atomic E-state index is -0.556. The number of nitrogens with zero attached hydrogens (tertiary/aromatic N) is 2. The van der Waals surface area contributed by atoms with E-state index < -0.39 is 5.76 Å². The van der Waals surface area contributed by atoms with Crippen molar-refractivity contribution >= 4 is 17.1 Å².